The van der Waals surface area contributed by atoms with E-state index < -0.39 is 10.0 Å². The predicted molar refractivity (Wildman–Crippen MR) is 112 cm³/mol. The molecule has 0 unspecified atom stereocenters. The van der Waals surface area contributed by atoms with Crippen LogP contribution in [0.25, 0.3) is 0 Å². The summed E-state index contributed by atoms with van der Waals surface area (Å²) in [6.45, 7) is 3.70. The van der Waals surface area contributed by atoms with Crippen LogP contribution >= 0.6 is 15.9 Å². The van der Waals surface area contributed by atoms with E-state index in [1.165, 1.54) is 36.2 Å². The summed E-state index contributed by atoms with van der Waals surface area (Å²) in [5, 5.41) is 2.78. The lowest BCUT2D eigenvalue weighted by molar-refractivity contribution is -0.116. The Morgan fingerprint density at radius 1 is 1.11 bits per heavy atom. The molecule has 28 heavy (non-hydrogen) atoms. The van der Waals surface area contributed by atoms with Crippen LogP contribution in [0.3, 0.4) is 0 Å². The van der Waals surface area contributed by atoms with Gasteiger partial charge in [0.15, 0.2) is 0 Å². The summed E-state index contributed by atoms with van der Waals surface area (Å²) in [6.07, 6.45) is 0. The smallest absolute Gasteiger partial charge is 0.254 e. The first-order chi connectivity index (χ1) is 13.1. The zero-order chi connectivity index (χ0) is 20.9. The first-order valence-corrected chi connectivity index (χ1v) is 10.8. The van der Waals surface area contributed by atoms with Crippen molar-refractivity contribution in [3.8, 4) is 0 Å². The molecule has 0 aliphatic rings. The molecule has 7 nitrogen and oxygen atoms in total. The highest BCUT2D eigenvalue weighted by atomic mass is 79.9. The Hall–Kier alpha value is -2.23. The van der Waals surface area contributed by atoms with Gasteiger partial charge in [0.2, 0.25) is 15.9 Å². The normalized spacial score (nSPS) is 11.1. The molecule has 0 atom stereocenters. The van der Waals surface area contributed by atoms with Gasteiger partial charge in [-0.05, 0) is 55.0 Å². The largest absolute Gasteiger partial charge is 0.332 e. The minimum absolute atomic E-state index is 0.0806. The molecule has 2 rings (SSSR count). The highest BCUT2D eigenvalue weighted by Gasteiger charge is 2.18. The fourth-order valence-electron chi connectivity index (χ4n) is 2.51. The summed E-state index contributed by atoms with van der Waals surface area (Å²) in [7, 11) is -2.06. The minimum Gasteiger partial charge on any atom is -0.332 e. The van der Waals surface area contributed by atoms with Crippen LogP contribution in [0.4, 0.5) is 5.69 Å². The van der Waals surface area contributed by atoms with Crippen molar-refractivity contribution in [2.24, 2.45) is 0 Å². The Morgan fingerprint density at radius 3 is 2.32 bits per heavy atom. The fourth-order valence-corrected chi connectivity index (χ4v) is 4.03. The number of anilines is 1. The molecule has 2 N–H and O–H groups in total. The molecule has 150 valence electrons. The summed E-state index contributed by atoms with van der Waals surface area (Å²) in [6, 6.07) is 11.1. The van der Waals surface area contributed by atoms with E-state index in [2.05, 4.69) is 26.0 Å². The van der Waals surface area contributed by atoms with Crippen LogP contribution in [-0.2, 0) is 14.8 Å². The molecule has 0 radical (unpaired) electrons. The standard InChI is InChI=1S/C19H22BrN3O4S/c1-4-21-28(26,27)16-8-5-14(6-9-16)19(25)23(3)12-18(24)22-17-10-7-15(20)11-13(17)2/h5-11,21H,4,12H2,1-3H3,(H,22,24). The van der Waals surface area contributed by atoms with Gasteiger partial charge >= 0.3 is 0 Å². The molecular formula is C19H22BrN3O4S. The molecule has 9 heteroatoms. The number of aryl methyl sites for hydroxylation is 1. The molecule has 0 saturated heterocycles. The summed E-state index contributed by atoms with van der Waals surface area (Å²) >= 11 is 3.37. The quantitative estimate of drug-likeness (QED) is 0.654. The number of sulfonamides is 1. The average Bonchev–Trinajstić information content (AvgIpc) is 2.63. The number of rotatable bonds is 7. The first-order valence-electron chi connectivity index (χ1n) is 8.55. The second kappa shape index (κ2) is 9.31. The number of nitrogens with zero attached hydrogens (tertiary/aromatic N) is 1. The number of likely N-dealkylation sites (N-methyl/N-ethyl adjacent to an activating group) is 1. The van der Waals surface area contributed by atoms with Crippen LogP contribution in [0.15, 0.2) is 51.8 Å². The second-order valence-electron chi connectivity index (χ2n) is 6.19. The van der Waals surface area contributed by atoms with Crippen molar-refractivity contribution in [3.63, 3.8) is 0 Å². The SMILES string of the molecule is CCNS(=O)(=O)c1ccc(C(=O)N(C)CC(=O)Nc2ccc(Br)cc2C)cc1. The second-order valence-corrected chi connectivity index (χ2v) is 8.88. The molecule has 0 heterocycles. The number of amides is 2. The Balaban J connectivity index is 2.02. The molecule has 2 aromatic rings. The van der Waals surface area contributed by atoms with E-state index in [1.54, 1.807) is 13.0 Å². The molecule has 0 spiro atoms. The zero-order valence-electron chi connectivity index (χ0n) is 15.8. The summed E-state index contributed by atoms with van der Waals surface area (Å²) < 4.78 is 27.2. The lowest BCUT2D eigenvalue weighted by atomic mass is 10.2. The Bertz CT molecular complexity index is 975. The van der Waals surface area contributed by atoms with Gasteiger partial charge in [0, 0.05) is 29.3 Å². The van der Waals surface area contributed by atoms with Gasteiger partial charge in [-0.2, -0.15) is 0 Å². The number of halogens is 1. The number of carbonyl (C=O) groups excluding carboxylic acids is 2. The van der Waals surface area contributed by atoms with Crippen LogP contribution < -0.4 is 10.0 Å². The number of hydrogen-bond acceptors (Lipinski definition) is 4. The maximum Gasteiger partial charge on any atom is 0.254 e. The van der Waals surface area contributed by atoms with Crippen LogP contribution in [-0.4, -0.2) is 45.3 Å². The number of benzene rings is 2. The molecule has 2 amide bonds. The maximum absolute atomic E-state index is 12.5. The molecule has 0 bridgehead atoms. The lowest BCUT2D eigenvalue weighted by Crippen LogP contribution is -2.35. The van der Waals surface area contributed by atoms with Crippen molar-refractivity contribution in [2.45, 2.75) is 18.7 Å². The fraction of sp³-hybridized carbons (Fsp3) is 0.263. The van der Waals surface area contributed by atoms with Gasteiger partial charge in [0.05, 0.1) is 11.4 Å². The molecule has 0 aromatic heterocycles. The first kappa shape index (κ1) is 22.1. The topological polar surface area (TPSA) is 95.6 Å². The number of nitrogens with one attached hydrogen (secondary N) is 2. The third-order valence-electron chi connectivity index (χ3n) is 3.94. The molecular weight excluding hydrogens is 446 g/mol. The van der Waals surface area contributed by atoms with Gasteiger partial charge in [-0.3, -0.25) is 9.59 Å². The highest BCUT2D eigenvalue weighted by Crippen LogP contribution is 2.20. The van der Waals surface area contributed by atoms with Crippen molar-refractivity contribution >= 4 is 43.5 Å². The van der Waals surface area contributed by atoms with Crippen molar-refractivity contribution in [2.75, 3.05) is 25.5 Å². The van der Waals surface area contributed by atoms with Crippen LogP contribution in [0, 0.1) is 6.92 Å². The Morgan fingerprint density at radius 2 is 1.75 bits per heavy atom. The third kappa shape index (κ3) is 5.63. The molecule has 2 aromatic carbocycles. The van der Waals surface area contributed by atoms with Crippen molar-refractivity contribution < 1.29 is 18.0 Å². The monoisotopic (exact) mass is 467 g/mol. The predicted octanol–water partition coefficient (Wildman–Crippen LogP) is 2.77. The number of carbonyl (C=O) groups is 2. The summed E-state index contributed by atoms with van der Waals surface area (Å²) in [4.78, 5) is 26.1. The summed E-state index contributed by atoms with van der Waals surface area (Å²) in [5.41, 5.74) is 1.87. The molecule has 0 aliphatic carbocycles. The highest BCUT2D eigenvalue weighted by molar-refractivity contribution is 9.10. The third-order valence-corrected chi connectivity index (χ3v) is 5.99. The van der Waals surface area contributed by atoms with Gasteiger partial charge in [-0.25, -0.2) is 13.1 Å². The zero-order valence-corrected chi connectivity index (χ0v) is 18.2. The van der Waals surface area contributed by atoms with Crippen LogP contribution in [0.1, 0.15) is 22.8 Å². The van der Waals surface area contributed by atoms with Gasteiger partial charge in [-0.15, -0.1) is 0 Å². The van der Waals surface area contributed by atoms with Gasteiger partial charge in [-0.1, -0.05) is 22.9 Å². The van der Waals surface area contributed by atoms with E-state index >= 15 is 0 Å². The van der Waals surface area contributed by atoms with Crippen molar-refractivity contribution in [3.05, 3.63) is 58.1 Å². The minimum atomic E-state index is -3.58. The van der Waals surface area contributed by atoms with E-state index in [9.17, 15) is 18.0 Å². The average molecular weight is 468 g/mol. The van der Waals surface area contributed by atoms with Crippen LogP contribution in [0.2, 0.25) is 0 Å². The van der Waals surface area contributed by atoms with Crippen molar-refractivity contribution in [1.29, 1.82) is 0 Å². The van der Waals surface area contributed by atoms with Crippen molar-refractivity contribution in [1.82, 2.24) is 9.62 Å². The van der Waals surface area contributed by atoms with Gasteiger partial charge in [0.25, 0.3) is 5.91 Å². The van der Waals surface area contributed by atoms with E-state index in [0.717, 1.165) is 10.0 Å². The lowest BCUT2D eigenvalue weighted by Gasteiger charge is -2.17. The molecule has 0 fully saturated rings. The molecule has 0 saturated carbocycles. The van der Waals surface area contributed by atoms with E-state index in [1.807, 2.05) is 19.1 Å². The van der Waals surface area contributed by atoms with Gasteiger partial charge < -0.3 is 10.2 Å². The van der Waals surface area contributed by atoms with E-state index in [4.69, 9.17) is 0 Å². The number of hydrogen-bond donors (Lipinski definition) is 2. The Labute approximate surface area is 173 Å². The van der Waals surface area contributed by atoms with E-state index in [0.29, 0.717) is 11.3 Å². The summed E-state index contributed by atoms with van der Waals surface area (Å²) in [5.74, 6) is -0.706. The van der Waals surface area contributed by atoms with Gasteiger partial charge in [0.1, 0.15) is 0 Å². The Kier molecular flexibility index (Phi) is 7.34. The maximum atomic E-state index is 12.5. The van der Waals surface area contributed by atoms with E-state index in [-0.39, 0.29) is 29.8 Å². The van der Waals surface area contributed by atoms with Crippen LogP contribution in [0.5, 0.6) is 0 Å². The molecule has 0 aliphatic heterocycles.